The topological polar surface area (TPSA) is 42.9 Å². The molecule has 0 aliphatic heterocycles. The summed E-state index contributed by atoms with van der Waals surface area (Å²) in [6, 6.07) is 11.2. The molecule has 0 atom stereocenters. The lowest BCUT2D eigenvalue weighted by Crippen LogP contribution is -2.02. The van der Waals surface area contributed by atoms with Gasteiger partial charge in [-0.05, 0) is 49.2 Å². The van der Waals surface area contributed by atoms with Crippen LogP contribution in [0.4, 0.5) is 0 Å². The quantitative estimate of drug-likeness (QED) is 0.664. The van der Waals surface area contributed by atoms with Crippen LogP contribution < -0.4 is 0 Å². The van der Waals surface area contributed by atoms with Crippen LogP contribution in [0.3, 0.4) is 0 Å². The monoisotopic (exact) mass is 262 g/mol. The normalized spacial score (nSPS) is 10.7. The van der Waals surface area contributed by atoms with E-state index < -0.39 is 0 Å². The highest BCUT2D eigenvalue weighted by atomic mass is 16.1. The molecule has 0 unspecified atom stereocenters. The Kier molecular flexibility index (Phi) is 3.03. The first-order valence-electron chi connectivity index (χ1n) is 6.48. The van der Waals surface area contributed by atoms with Crippen molar-refractivity contribution in [3.05, 3.63) is 71.0 Å². The van der Waals surface area contributed by atoms with Gasteiger partial charge in [0.2, 0.25) is 0 Å². The first-order valence-corrected chi connectivity index (χ1v) is 6.48. The van der Waals surface area contributed by atoms with Gasteiger partial charge in [-0.1, -0.05) is 12.1 Å². The van der Waals surface area contributed by atoms with Crippen LogP contribution in [0.2, 0.25) is 0 Å². The van der Waals surface area contributed by atoms with Gasteiger partial charge in [0.15, 0.2) is 5.78 Å². The lowest BCUT2D eigenvalue weighted by Gasteiger charge is -2.05. The molecule has 20 heavy (non-hydrogen) atoms. The van der Waals surface area contributed by atoms with Crippen molar-refractivity contribution in [2.75, 3.05) is 0 Å². The van der Waals surface area contributed by atoms with Gasteiger partial charge >= 0.3 is 0 Å². The molecule has 0 radical (unpaired) electrons. The summed E-state index contributed by atoms with van der Waals surface area (Å²) in [5.74, 6) is 0.0145. The minimum Gasteiger partial charge on any atom is -0.289 e. The van der Waals surface area contributed by atoms with Crippen molar-refractivity contribution in [3.63, 3.8) is 0 Å². The van der Waals surface area contributed by atoms with Gasteiger partial charge in [0.1, 0.15) is 0 Å². The fraction of sp³-hybridized carbons (Fsp3) is 0.118. The van der Waals surface area contributed by atoms with E-state index in [9.17, 15) is 4.79 Å². The molecule has 1 aromatic heterocycles. The minimum atomic E-state index is 0.0145. The Hall–Kier alpha value is -2.55. The molecule has 0 fully saturated rings. The molecule has 0 aliphatic rings. The molecule has 0 N–H and O–H groups in total. The van der Waals surface area contributed by atoms with E-state index >= 15 is 0 Å². The predicted molar refractivity (Wildman–Crippen MR) is 78.9 cm³/mol. The Labute approximate surface area is 117 Å². The molecule has 98 valence electrons. The highest BCUT2D eigenvalue weighted by Gasteiger charge is 2.11. The summed E-state index contributed by atoms with van der Waals surface area (Å²) in [7, 11) is 0. The molecule has 3 rings (SSSR count). The third-order valence-corrected chi connectivity index (χ3v) is 3.50. The summed E-state index contributed by atoms with van der Waals surface area (Å²) < 4.78 is 0. The number of hydrogen-bond donors (Lipinski definition) is 0. The molecule has 0 saturated carbocycles. The third-order valence-electron chi connectivity index (χ3n) is 3.50. The zero-order chi connectivity index (χ0) is 14.1. The average Bonchev–Trinajstić information content (AvgIpc) is 2.49. The lowest BCUT2D eigenvalue weighted by atomic mass is 9.99. The van der Waals surface area contributed by atoms with Gasteiger partial charge in [0, 0.05) is 23.5 Å². The summed E-state index contributed by atoms with van der Waals surface area (Å²) in [5, 5.41) is 0. The van der Waals surface area contributed by atoms with E-state index in [0.29, 0.717) is 11.1 Å². The number of nitrogens with zero attached hydrogens (tertiary/aromatic N) is 2. The van der Waals surface area contributed by atoms with Crippen molar-refractivity contribution >= 4 is 16.8 Å². The molecular formula is C17H14N2O. The second-order valence-corrected chi connectivity index (χ2v) is 4.89. The van der Waals surface area contributed by atoms with Crippen molar-refractivity contribution in [2.24, 2.45) is 0 Å². The number of fused-ring (bicyclic) bond motifs is 1. The molecule has 2 aromatic carbocycles. The summed E-state index contributed by atoms with van der Waals surface area (Å²) in [6.45, 7) is 4.05. The van der Waals surface area contributed by atoms with Crippen LogP contribution in [0.15, 0.2) is 48.8 Å². The summed E-state index contributed by atoms with van der Waals surface area (Å²) >= 11 is 0. The second kappa shape index (κ2) is 4.85. The number of hydrogen-bond acceptors (Lipinski definition) is 3. The number of aromatic nitrogens is 2. The fourth-order valence-electron chi connectivity index (χ4n) is 2.15. The third kappa shape index (κ3) is 2.18. The summed E-state index contributed by atoms with van der Waals surface area (Å²) in [6.07, 6.45) is 3.28. The van der Waals surface area contributed by atoms with Gasteiger partial charge in [0.25, 0.3) is 0 Å². The van der Waals surface area contributed by atoms with E-state index in [0.717, 1.165) is 16.6 Å². The van der Waals surface area contributed by atoms with Gasteiger partial charge in [-0.2, -0.15) is 0 Å². The molecule has 3 nitrogen and oxygen atoms in total. The first-order chi connectivity index (χ1) is 9.65. The Morgan fingerprint density at radius 1 is 0.800 bits per heavy atom. The smallest absolute Gasteiger partial charge is 0.193 e. The predicted octanol–water partition coefficient (Wildman–Crippen LogP) is 3.48. The molecule has 0 bridgehead atoms. The molecule has 3 aromatic rings. The van der Waals surface area contributed by atoms with Crippen LogP contribution in [-0.4, -0.2) is 15.8 Å². The lowest BCUT2D eigenvalue weighted by molar-refractivity contribution is 0.103. The average molecular weight is 262 g/mol. The fourth-order valence-corrected chi connectivity index (χ4v) is 2.15. The molecule has 3 heteroatoms. The number of carbonyl (C=O) groups excluding carboxylic acids is 1. The van der Waals surface area contributed by atoms with Gasteiger partial charge in [-0.25, -0.2) is 0 Å². The summed E-state index contributed by atoms with van der Waals surface area (Å²) in [5.41, 5.74) is 5.19. The Bertz CT molecular complexity index is 809. The zero-order valence-corrected chi connectivity index (χ0v) is 11.4. The van der Waals surface area contributed by atoms with Crippen LogP contribution in [0, 0.1) is 13.8 Å². The number of ketones is 1. The SMILES string of the molecule is Cc1ccc(C(=O)c2ccc3nccnc3c2)cc1C. The Balaban J connectivity index is 2.05. The van der Waals surface area contributed by atoms with Crippen molar-refractivity contribution in [1.82, 2.24) is 9.97 Å². The van der Waals surface area contributed by atoms with Crippen molar-refractivity contribution < 1.29 is 4.79 Å². The first kappa shape index (κ1) is 12.5. The maximum absolute atomic E-state index is 12.5. The van der Waals surface area contributed by atoms with Gasteiger partial charge in [-0.15, -0.1) is 0 Å². The van der Waals surface area contributed by atoms with Crippen molar-refractivity contribution in [3.8, 4) is 0 Å². The van der Waals surface area contributed by atoms with E-state index in [1.54, 1.807) is 24.5 Å². The number of carbonyl (C=O) groups is 1. The van der Waals surface area contributed by atoms with Crippen LogP contribution >= 0.6 is 0 Å². The maximum Gasteiger partial charge on any atom is 0.193 e. The Morgan fingerprint density at radius 2 is 1.45 bits per heavy atom. The molecule has 0 saturated heterocycles. The van der Waals surface area contributed by atoms with Crippen LogP contribution in [0.25, 0.3) is 11.0 Å². The number of benzene rings is 2. The zero-order valence-electron chi connectivity index (χ0n) is 11.4. The van der Waals surface area contributed by atoms with E-state index in [1.165, 1.54) is 5.56 Å². The molecule has 0 amide bonds. The van der Waals surface area contributed by atoms with Crippen LogP contribution in [0.5, 0.6) is 0 Å². The molecular weight excluding hydrogens is 248 g/mol. The van der Waals surface area contributed by atoms with E-state index in [4.69, 9.17) is 0 Å². The molecule has 0 aliphatic carbocycles. The van der Waals surface area contributed by atoms with Crippen molar-refractivity contribution in [1.29, 1.82) is 0 Å². The highest BCUT2D eigenvalue weighted by molar-refractivity contribution is 6.10. The van der Waals surface area contributed by atoms with Gasteiger partial charge < -0.3 is 0 Å². The largest absolute Gasteiger partial charge is 0.289 e. The van der Waals surface area contributed by atoms with Gasteiger partial charge in [-0.3, -0.25) is 14.8 Å². The number of aryl methyl sites for hydroxylation is 2. The van der Waals surface area contributed by atoms with E-state index in [1.807, 2.05) is 38.1 Å². The van der Waals surface area contributed by atoms with Crippen molar-refractivity contribution in [2.45, 2.75) is 13.8 Å². The van der Waals surface area contributed by atoms with Crippen LogP contribution in [0.1, 0.15) is 27.0 Å². The van der Waals surface area contributed by atoms with Crippen LogP contribution in [-0.2, 0) is 0 Å². The molecule has 0 spiro atoms. The standard InChI is InChI=1S/C17H14N2O/c1-11-3-4-13(9-12(11)2)17(20)14-5-6-15-16(10-14)19-8-7-18-15/h3-10H,1-2H3. The van der Waals surface area contributed by atoms with Gasteiger partial charge in [0.05, 0.1) is 11.0 Å². The maximum atomic E-state index is 12.5. The highest BCUT2D eigenvalue weighted by Crippen LogP contribution is 2.17. The second-order valence-electron chi connectivity index (χ2n) is 4.89. The Morgan fingerprint density at radius 3 is 2.20 bits per heavy atom. The minimum absolute atomic E-state index is 0.0145. The molecule has 1 heterocycles. The summed E-state index contributed by atoms with van der Waals surface area (Å²) in [4.78, 5) is 20.9. The number of rotatable bonds is 2. The van der Waals surface area contributed by atoms with E-state index in [-0.39, 0.29) is 5.78 Å². The van der Waals surface area contributed by atoms with E-state index in [2.05, 4.69) is 9.97 Å².